The van der Waals surface area contributed by atoms with Crippen molar-refractivity contribution in [2.75, 3.05) is 48.3 Å². The minimum absolute atomic E-state index is 0.182. The predicted molar refractivity (Wildman–Crippen MR) is 137 cm³/mol. The van der Waals surface area contributed by atoms with Gasteiger partial charge in [-0.3, -0.25) is 15.0 Å². The summed E-state index contributed by atoms with van der Waals surface area (Å²) in [6.07, 6.45) is 3.45. The van der Waals surface area contributed by atoms with Crippen LogP contribution in [0, 0.1) is 13.8 Å². The van der Waals surface area contributed by atoms with Gasteiger partial charge in [-0.1, -0.05) is 43.4 Å². The number of para-hydroxylation sites is 1. The van der Waals surface area contributed by atoms with E-state index in [-0.39, 0.29) is 5.91 Å². The van der Waals surface area contributed by atoms with Crippen LogP contribution >= 0.6 is 11.3 Å². The van der Waals surface area contributed by atoms with Crippen LogP contribution in [0.2, 0.25) is 0 Å². The summed E-state index contributed by atoms with van der Waals surface area (Å²) < 4.78 is 0. The molecule has 2 N–H and O–H groups in total. The van der Waals surface area contributed by atoms with Gasteiger partial charge in [0.25, 0.3) is 5.91 Å². The second-order valence-corrected chi connectivity index (χ2v) is 9.46. The zero-order chi connectivity index (χ0) is 24.1. The summed E-state index contributed by atoms with van der Waals surface area (Å²) in [5, 5.41) is 6.75. The van der Waals surface area contributed by atoms with Crippen molar-refractivity contribution in [2.24, 2.45) is 0 Å². The molecule has 1 fully saturated rings. The highest BCUT2D eigenvalue weighted by atomic mass is 32.1. The van der Waals surface area contributed by atoms with Crippen molar-refractivity contribution in [3.05, 3.63) is 46.2 Å². The second kappa shape index (κ2) is 10.9. The van der Waals surface area contributed by atoms with Gasteiger partial charge in [0, 0.05) is 38.3 Å². The van der Waals surface area contributed by atoms with E-state index in [4.69, 9.17) is 0 Å². The standard InChI is InChI=1S/C24H32N8OS/c1-5-10-31-11-13-32(14-12-31)23-27-19(6-2)26-22(29-23)30-24-25-15-18(34-24)21(33)28-20-16(3)8-7-9-17(20)4/h7-9,15H,5-6,10-14H2,1-4H3,(H,28,33)(H,25,26,27,29,30). The van der Waals surface area contributed by atoms with Crippen LogP contribution in [0.3, 0.4) is 0 Å². The second-order valence-electron chi connectivity index (χ2n) is 8.43. The third kappa shape index (κ3) is 5.68. The molecule has 1 saturated heterocycles. The van der Waals surface area contributed by atoms with E-state index in [1.54, 1.807) is 6.20 Å². The average molecular weight is 481 g/mol. The number of hydrogen-bond acceptors (Lipinski definition) is 9. The SMILES string of the molecule is CCCN1CCN(c2nc(CC)nc(Nc3ncc(C(=O)Nc4c(C)cccc4C)s3)n2)CC1. The lowest BCUT2D eigenvalue weighted by Crippen LogP contribution is -2.47. The first-order valence-corrected chi connectivity index (χ1v) is 12.6. The fourth-order valence-corrected chi connectivity index (χ4v) is 4.67. The number of amides is 1. The van der Waals surface area contributed by atoms with E-state index < -0.39 is 0 Å². The summed E-state index contributed by atoms with van der Waals surface area (Å²) in [7, 11) is 0. The van der Waals surface area contributed by atoms with Gasteiger partial charge in [0.05, 0.1) is 6.20 Å². The third-order valence-electron chi connectivity index (χ3n) is 5.85. The van der Waals surface area contributed by atoms with Crippen molar-refractivity contribution in [2.45, 2.75) is 40.5 Å². The molecule has 10 heteroatoms. The maximum absolute atomic E-state index is 12.8. The minimum Gasteiger partial charge on any atom is -0.338 e. The van der Waals surface area contributed by atoms with E-state index in [0.717, 1.165) is 61.8 Å². The van der Waals surface area contributed by atoms with E-state index in [2.05, 4.69) is 47.3 Å². The summed E-state index contributed by atoms with van der Waals surface area (Å²) in [5.74, 6) is 1.69. The summed E-state index contributed by atoms with van der Waals surface area (Å²) >= 11 is 1.27. The molecule has 34 heavy (non-hydrogen) atoms. The van der Waals surface area contributed by atoms with Crippen LogP contribution in [-0.4, -0.2) is 63.5 Å². The van der Waals surface area contributed by atoms with Gasteiger partial charge in [-0.15, -0.1) is 0 Å². The van der Waals surface area contributed by atoms with Gasteiger partial charge >= 0.3 is 0 Å². The molecular formula is C24H32N8OS. The summed E-state index contributed by atoms with van der Waals surface area (Å²) in [6.45, 7) is 13.1. The molecular weight excluding hydrogens is 448 g/mol. The van der Waals surface area contributed by atoms with Crippen molar-refractivity contribution in [1.29, 1.82) is 0 Å². The largest absolute Gasteiger partial charge is 0.338 e. The number of hydrogen-bond donors (Lipinski definition) is 2. The first-order valence-electron chi connectivity index (χ1n) is 11.8. The average Bonchev–Trinajstić information content (AvgIpc) is 3.30. The Labute approximate surface area is 204 Å². The van der Waals surface area contributed by atoms with Crippen molar-refractivity contribution >= 4 is 40.0 Å². The number of rotatable bonds is 8. The molecule has 2 aromatic heterocycles. The number of anilines is 4. The molecule has 0 radical (unpaired) electrons. The lowest BCUT2D eigenvalue weighted by Gasteiger charge is -2.34. The van der Waals surface area contributed by atoms with Crippen LogP contribution in [0.4, 0.5) is 22.7 Å². The number of aryl methyl sites for hydroxylation is 3. The number of aromatic nitrogens is 4. The van der Waals surface area contributed by atoms with Gasteiger partial charge in [-0.2, -0.15) is 15.0 Å². The summed E-state index contributed by atoms with van der Waals surface area (Å²) in [4.78, 5) is 36.2. The van der Waals surface area contributed by atoms with Crippen molar-refractivity contribution in [3.8, 4) is 0 Å². The number of thiazole rings is 1. The number of nitrogens with zero attached hydrogens (tertiary/aromatic N) is 6. The molecule has 0 unspecified atom stereocenters. The molecule has 1 aliphatic heterocycles. The highest BCUT2D eigenvalue weighted by Gasteiger charge is 2.20. The maximum atomic E-state index is 12.8. The lowest BCUT2D eigenvalue weighted by molar-refractivity contribution is 0.103. The topological polar surface area (TPSA) is 99.2 Å². The molecule has 0 spiro atoms. The number of piperazine rings is 1. The Morgan fingerprint density at radius 2 is 1.79 bits per heavy atom. The monoisotopic (exact) mass is 480 g/mol. The van der Waals surface area contributed by atoms with Crippen LogP contribution in [0.25, 0.3) is 0 Å². The normalized spacial score (nSPS) is 14.3. The quantitative estimate of drug-likeness (QED) is 0.498. The van der Waals surface area contributed by atoms with Gasteiger partial charge in [-0.25, -0.2) is 4.98 Å². The molecule has 4 rings (SSSR count). The Morgan fingerprint density at radius 3 is 2.47 bits per heavy atom. The Hall–Kier alpha value is -3.11. The van der Waals surface area contributed by atoms with Crippen molar-refractivity contribution in [3.63, 3.8) is 0 Å². The summed E-state index contributed by atoms with van der Waals surface area (Å²) in [5.41, 5.74) is 2.89. The van der Waals surface area contributed by atoms with E-state index >= 15 is 0 Å². The number of nitrogens with one attached hydrogen (secondary N) is 2. The molecule has 9 nitrogen and oxygen atoms in total. The van der Waals surface area contributed by atoms with E-state index in [9.17, 15) is 4.79 Å². The number of carbonyl (C=O) groups is 1. The van der Waals surface area contributed by atoms with E-state index in [0.29, 0.717) is 28.3 Å². The van der Waals surface area contributed by atoms with Crippen LogP contribution in [0.5, 0.6) is 0 Å². The van der Waals surface area contributed by atoms with Crippen LogP contribution in [-0.2, 0) is 6.42 Å². The van der Waals surface area contributed by atoms with Crippen molar-refractivity contribution < 1.29 is 4.79 Å². The zero-order valence-corrected chi connectivity index (χ0v) is 21.1. The van der Waals surface area contributed by atoms with Gasteiger partial charge < -0.3 is 10.2 Å². The van der Waals surface area contributed by atoms with Gasteiger partial charge in [0.1, 0.15) is 10.7 Å². The highest BCUT2D eigenvalue weighted by molar-refractivity contribution is 7.17. The molecule has 1 aromatic carbocycles. The smallest absolute Gasteiger partial charge is 0.267 e. The van der Waals surface area contributed by atoms with E-state index in [1.165, 1.54) is 11.3 Å². The molecule has 3 aromatic rings. The highest BCUT2D eigenvalue weighted by Crippen LogP contribution is 2.25. The zero-order valence-electron chi connectivity index (χ0n) is 20.3. The molecule has 0 saturated carbocycles. The Morgan fingerprint density at radius 1 is 1.06 bits per heavy atom. The fourth-order valence-electron chi connectivity index (χ4n) is 3.97. The first kappa shape index (κ1) is 24.0. The number of carbonyl (C=O) groups excluding carboxylic acids is 1. The lowest BCUT2D eigenvalue weighted by atomic mass is 10.1. The fraction of sp³-hybridized carbons (Fsp3) is 0.458. The molecule has 0 bridgehead atoms. The van der Waals surface area contributed by atoms with Crippen molar-refractivity contribution in [1.82, 2.24) is 24.8 Å². The van der Waals surface area contributed by atoms with Crippen LogP contribution in [0.15, 0.2) is 24.4 Å². The molecule has 0 atom stereocenters. The molecule has 1 amide bonds. The Balaban J connectivity index is 1.46. The molecule has 1 aliphatic rings. The van der Waals surface area contributed by atoms with Crippen LogP contribution in [0.1, 0.15) is 46.9 Å². The van der Waals surface area contributed by atoms with E-state index in [1.807, 2.05) is 39.0 Å². The predicted octanol–water partition coefficient (Wildman–Crippen LogP) is 4.04. The van der Waals surface area contributed by atoms with Gasteiger partial charge in [-0.05, 0) is 37.9 Å². The van der Waals surface area contributed by atoms with Crippen LogP contribution < -0.4 is 15.5 Å². The molecule has 3 heterocycles. The summed E-state index contributed by atoms with van der Waals surface area (Å²) in [6, 6.07) is 5.94. The van der Waals surface area contributed by atoms with Gasteiger partial charge in [0.15, 0.2) is 5.13 Å². The first-order chi connectivity index (χ1) is 16.5. The third-order valence-corrected chi connectivity index (χ3v) is 6.76. The Kier molecular flexibility index (Phi) is 7.69. The Bertz CT molecular complexity index is 1120. The molecule has 180 valence electrons. The molecule has 0 aliphatic carbocycles. The van der Waals surface area contributed by atoms with Gasteiger partial charge in [0.2, 0.25) is 11.9 Å². The maximum Gasteiger partial charge on any atom is 0.267 e. The number of benzene rings is 1. The minimum atomic E-state index is -0.182.